The molecule has 1 rings (SSSR count). The molecule has 1 heterocycles. The number of hydrogen-bond donors (Lipinski definition) is 2. The number of ether oxygens (including phenoxy) is 2. The zero-order chi connectivity index (χ0) is 10.1. The SMILES string of the molecule is COC(=O)CNC1CCOC1.CS. The lowest BCUT2D eigenvalue weighted by Crippen LogP contribution is -2.34. The molecular weight excluding hydrogens is 190 g/mol. The van der Waals surface area contributed by atoms with Gasteiger partial charge in [0.15, 0.2) is 0 Å². The molecule has 1 N–H and O–H groups in total. The average molecular weight is 207 g/mol. The van der Waals surface area contributed by atoms with Crippen molar-refractivity contribution in [3.8, 4) is 0 Å². The summed E-state index contributed by atoms with van der Waals surface area (Å²) in [6.45, 7) is 1.78. The van der Waals surface area contributed by atoms with Gasteiger partial charge in [0.05, 0.1) is 20.3 Å². The molecule has 5 heteroatoms. The van der Waals surface area contributed by atoms with Gasteiger partial charge in [0, 0.05) is 12.6 Å². The molecule has 0 aromatic carbocycles. The topological polar surface area (TPSA) is 47.6 Å². The fourth-order valence-corrected chi connectivity index (χ4v) is 0.995. The monoisotopic (exact) mass is 207 g/mol. The van der Waals surface area contributed by atoms with Crippen molar-refractivity contribution in [1.29, 1.82) is 0 Å². The lowest BCUT2D eigenvalue weighted by molar-refractivity contribution is -0.139. The molecule has 13 heavy (non-hydrogen) atoms. The second-order valence-electron chi connectivity index (χ2n) is 2.52. The highest BCUT2D eigenvalue weighted by Crippen LogP contribution is 2.02. The first-order valence-corrected chi connectivity index (χ1v) is 5.05. The summed E-state index contributed by atoms with van der Waals surface area (Å²) in [7, 11) is 1.38. The van der Waals surface area contributed by atoms with Crippen molar-refractivity contribution in [2.24, 2.45) is 0 Å². The third kappa shape index (κ3) is 5.90. The summed E-state index contributed by atoms with van der Waals surface area (Å²) in [5.41, 5.74) is 0. The maximum Gasteiger partial charge on any atom is 0.319 e. The Kier molecular flexibility index (Phi) is 8.18. The Morgan fingerprint density at radius 3 is 2.85 bits per heavy atom. The second-order valence-corrected chi connectivity index (χ2v) is 2.52. The lowest BCUT2D eigenvalue weighted by atomic mass is 10.3. The second kappa shape index (κ2) is 8.34. The van der Waals surface area contributed by atoms with E-state index in [1.54, 1.807) is 6.26 Å². The number of carbonyl (C=O) groups is 1. The number of esters is 1. The summed E-state index contributed by atoms with van der Waals surface area (Å²) in [4.78, 5) is 10.6. The quantitative estimate of drug-likeness (QED) is 0.508. The van der Waals surface area contributed by atoms with Gasteiger partial charge < -0.3 is 14.8 Å². The van der Waals surface area contributed by atoms with Crippen molar-refractivity contribution in [3.05, 3.63) is 0 Å². The minimum absolute atomic E-state index is 0.225. The van der Waals surface area contributed by atoms with E-state index in [2.05, 4.69) is 22.7 Å². The zero-order valence-electron chi connectivity index (χ0n) is 8.08. The van der Waals surface area contributed by atoms with Crippen LogP contribution in [0.5, 0.6) is 0 Å². The highest BCUT2D eigenvalue weighted by atomic mass is 32.1. The molecule has 0 aromatic rings. The van der Waals surface area contributed by atoms with Crippen LogP contribution in [0.3, 0.4) is 0 Å². The van der Waals surface area contributed by atoms with Gasteiger partial charge in [-0.2, -0.15) is 12.6 Å². The predicted molar refractivity (Wildman–Crippen MR) is 54.2 cm³/mol. The first kappa shape index (κ1) is 12.7. The molecule has 1 saturated heterocycles. The van der Waals surface area contributed by atoms with Gasteiger partial charge >= 0.3 is 5.97 Å². The van der Waals surface area contributed by atoms with Crippen LogP contribution in [-0.2, 0) is 14.3 Å². The van der Waals surface area contributed by atoms with E-state index < -0.39 is 0 Å². The van der Waals surface area contributed by atoms with Gasteiger partial charge in [-0.3, -0.25) is 4.79 Å². The van der Waals surface area contributed by atoms with Crippen molar-refractivity contribution in [2.45, 2.75) is 12.5 Å². The predicted octanol–water partition coefficient (Wildman–Crippen LogP) is 0.0839. The molecule has 0 aromatic heterocycles. The number of hydrogen-bond acceptors (Lipinski definition) is 5. The van der Waals surface area contributed by atoms with Crippen LogP contribution >= 0.6 is 12.6 Å². The molecule has 1 aliphatic heterocycles. The number of rotatable bonds is 3. The summed E-state index contributed by atoms with van der Waals surface area (Å²) in [6, 6.07) is 0.328. The van der Waals surface area contributed by atoms with E-state index >= 15 is 0 Å². The van der Waals surface area contributed by atoms with E-state index in [0.29, 0.717) is 12.6 Å². The molecule has 0 amide bonds. The molecule has 0 saturated carbocycles. The molecule has 78 valence electrons. The van der Waals surface area contributed by atoms with Gasteiger partial charge in [-0.15, -0.1) is 0 Å². The molecule has 1 aliphatic rings. The van der Waals surface area contributed by atoms with E-state index in [0.717, 1.165) is 13.0 Å². The minimum atomic E-state index is -0.225. The highest BCUT2D eigenvalue weighted by Gasteiger charge is 2.15. The van der Waals surface area contributed by atoms with Crippen LogP contribution < -0.4 is 5.32 Å². The fraction of sp³-hybridized carbons (Fsp3) is 0.875. The standard InChI is InChI=1S/C7H13NO3.CH4S/c1-10-7(9)4-8-6-2-3-11-5-6;1-2/h6,8H,2-5H2,1H3;2H,1H3. The summed E-state index contributed by atoms with van der Waals surface area (Å²) >= 11 is 3.53. The minimum Gasteiger partial charge on any atom is -0.468 e. The first-order valence-electron chi connectivity index (χ1n) is 4.15. The highest BCUT2D eigenvalue weighted by molar-refractivity contribution is 7.79. The van der Waals surface area contributed by atoms with E-state index in [1.807, 2.05) is 0 Å². The van der Waals surface area contributed by atoms with E-state index in [1.165, 1.54) is 7.11 Å². The van der Waals surface area contributed by atoms with Crippen molar-refractivity contribution in [2.75, 3.05) is 33.1 Å². The van der Waals surface area contributed by atoms with Gasteiger partial charge in [0.2, 0.25) is 0 Å². The first-order chi connectivity index (χ1) is 6.33. The molecular formula is C8H17NO3S. The smallest absolute Gasteiger partial charge is 0.319 e. The Labute approximate surface area is 84.4 Å². The molecule has 0 bridgehead atoms. The number of methoxy groups -OCH3 is 1. The Morgan fingerprint density at radius 1 is 1.69 bits per heavy atom. The van der Waals surface area contributed by atoms with Crippen LogP contribution in [0, 0.1) is 0 Å². The van der Waals surface area contributed by atoms with Crippen molar-refractivity contribution in [1.82, 2.24) is 5.32 Å². The van der Waals surface area contributed by atoms with Crippen molar-refractivity contribution >= 4 is 18.6 Å². The summed E-state index contributed by atoms with van der Waals surface area (Å²) in [6.07, 6.45) is 2.68. The molecule has 1 unspecified atom stereocenters. The van der Waals surface area contributed by atoms with Gasteiger partial charge in [0.1, 0.15) is 0 Å². The Hall–Kier alpha value is -0.260. The Balaban J connectivity index is 0.000000671. The van der Waals surface area contributed by atoms with Crippen LogP contribution in [0.2, 0.25) is 0 Å². The maximum atomic E-state index is 10.6. The van der Waals surface area contributed by atoms with Gasteiger partial charge in [-0.25, -0.2) is 0 Å². The Morgan fingerprint density at radius 2 is 2.38 bits per heavy atom. The number of carbonyl (C=O) groups excluding carboxylic acids is 1. The van der Waals surface area contributed by atoms with Gasteiger partial charge in [-0.05, 0) is 12.7 Å². The summed E-state index contributed by atoms with van der Waals surface area (Å²) in [5.74, 6) is -0.225. The van der Waals surface area contributed by atoms with Crippen LogP contribution in [-0.4, -0.2) is 45.1 Å². The normalized spacial score (nSPS) is 20.4. The molecule has 4 nitrogen and oxygen atoms in total. The maximum absolute atomic E-state index is 10.6. The van der Waals surface area contributed by atoms with Crippen LogP contribution in [0.4, 0.5) is 0 Å². The van der Waals surface area contributed by atoms with E-state index in [-0.39, 0.29) is 12.5 Å². The van der Waals surface area contributed by atoms with Crippen LogP contribution in [0.25, 0.3) is 0 Å². The number of nitrogens with one attached hydrogen (secondary N) is 1. The molecule has 0 aliphatic carbocycles. The molecule has 0 radical (unpaired) electrons. The largest absolute Gasteiger partial charge is 0.468 e. The fourth-order valence-electron chi connectivity index (χ4n) is 0.995. The molecule has 0 spiro atoms. The Bertz CT molecular complexity index is 137. The summed E-state index contributed by atoms with van der Waals surface area (Å²) in [5, 5.41) is 3.03. The third-order valence-electron chi connectivity index (χ3n) is 1.69. The van der Waals surface area contributed by atoms with Gasteiger partial charge in [-0.1, -0.05) is 0 Å². The van der Waals surface area contributed by atoms with E-state index in [4.69, 9.17) is 4.74 Å². The number of thiol groups is 1. The lowest BCUT2D eigenvalue weighted by Gasteiger charge is -2.07. The average Bonchev–Trinajstić information content (AvgIpc) is 2.70. The van der Waals surface area contributed by atoms with Crippen molar-refractivity contribution in [3.63, 3.8) is 0 Å². The molecule has 1 fully saturated rings. The third-order valence-corrected chi connectivity index (χ3v) is 1.69. The van der Waals surface area contributed by atoms with Crippen LogP contribution in [0.1, 0.15) is 6.42 Å². The molecule has 1 atom stereocenters. The van der Waals surface area contributed by atoms with Crippen molar-refractivity contribution < 1.29 is 14.3 Å². The van der Waals surface area contributed by atoms with Crippen LogP contribution in [0.15, 0.2) is 0 Å². The van der Waals surface area contributed by atoms with E-state index in [9.17, 15) is 4.79 Å². The zero-order valence-corrected chi connectivity index (χ0v) is 8.97. The summed E-state index contributed by atoms with van der Waals surface area (Å²) < 4.78 is 9.58. The van der Waals surface area contributed by atoms with Gasteiger partial charge in [0.25, 0.3) is 0 Å².